The van der Waals surface area contributed by atoms with Gasteiger partial charge < -0.3 is 10.2 Å². The van der Waals surface area contributed by atoms with Crippen LogP contribution in [0.5, 0.6) is 0 Å². The number of carbonyl (C=O) groups is 1. The van der Waals surface area contributed by atoms with Gasteiger partial charge in [-0.1, -0.05) is 31.5 Å². The van der Waals surface area contributed by atoms with Crippen LogP contribution in [0.25, 0.3) is 0 Å². The van der Waals surface area contributed by atoms with Crippen LogP contribution in [0, 0.1) is 6.92 Å². The topological polar surface area (TPSA) is 69.7 Å². The maximum absolute atomic E-state index is 12.7. The van der Waals surface area contributed by atoms with Gasteiger partial charge in [0.15, 0.2) is 0 Å². The van der Waals surface area contributed by atoms with Crippen LogP contribution >= 0.6 is 0 Å². The summed E-state index contributed by atoms with van der Waals surface area (Å²) < 4.78 is 26.8. The Morgan fingerprint density at radius 2 is 1.62 bits per heavy atom. The zero-order valence-corrected chi connectivity index (χ0v) is 15.5. The summed E-state index contributed by atoms with van der Waals surface area (Å²) in [7, 11) is -3.49. The molecule has 7 heteroatoms. The number of urea groups is 1. The molecule has 1 saturated heterocycles. The zero-order valence-electron chi connectivity index (χ0n) is 14.7. The minimum Gasteiger partial charge on any atom is -0.335 e. The van der Waals surface area contributed by atoms with E-state index in [-0.39, 0.29) is 12.1 Å². The van der Waals surface area contributed by atoms with Crippen LogP contribution in [-0.4, -0.2) is 55.9 Å². The predicted octanol–water partition coefficient (Wildman–Crippen LogP) is 2.20. The van der Waals surface area contributed by atoms with Crippen molar-refractivity contribution < 1.29 is 13.2 Å². The van der Waals surface area contributed by atoms with Crippen LogP contribution in [0.4, 0.5) is 4.79 Å². The SMILES string of the molecule is CCC(CC)NC(=O)N1CCN(S(=O)(=O)c2ccc(C)cc2)CC1. The summed E-state index contributed by atoms with van der Waals surface area (Å²) in [4.78, 5) is 14.2. The Hall–Kier alpha value is -1.60. The summed E-state index contributed by atoms with van der Waals surface area (Å²) >= 11 is 0. The van der Waals surface area contributed by atoms with Crippen molar-refractivity contribution in [3.8, 4) is 0 Å². The first kappa shape index (κ1) is 18.7. The van der Waals surface area contributed by atoms with E-state index in [0.717, 1.165) is 18.4 Å². The normalized spacial score (nSPS) is 16.4. The molecule has 1 N–H and O–H groups in total. The number of hydrogen-bond acceptors (Lipinski definition) is 3. The molecule has 0 bridgehead atoms. The molecule has 2 rings (SSSR count). The molecule has 0 aliphatic carbocycles. The fourth-order valence-electron chi connectivity index (χ4n) is 2.75. The zero-order chi connectivity index (χ0) is 17.7. The third-order valence-electron chi connectivity index (χ3n) is 4.50. The highest BCUT2D eigenvalue weighted by Gasteiger charge is 2.30. The monoisotopic (exact) mass is 353 g/mol. The summed E-state index contributed by atoms with van der Waals surface area (Å²) in [6.07, 6.45) is 1.79. The average molecular weight is 353 g/mol. The Labute approximate surface area is 144 Å². The van der Waals surface area contributed by atoms with Crippen molar-refractivity contribution in [3.05, 3.63) is 29.8 Å². The van der Waals surface area contributed by atoms with E-state index in [0.29, 0.717) is 31.1 Å². The molecule has 1 aliphatic rings. The second kappa shape index (κ2) is 7.98. The molecule has 0 saturated carbocycles. The van der Waals surface area contributed by atoms with E-state index in [1.165, 1.54) is 4.31 Å². The molecule has 2 amide bonds. The van der Waals surface area contributed by atoms with Gasteiger partial charge in [-0.15, -0.1) is 0 Å². The van der Waals surface area contributed by atoms with E-state index in [4.69, 9.17) is 0 Å². The Morgan fingerprint density at radius 3 is 2.12 bits per heavy atom. The van der Waals surface area contributed by atoms with Crippen LogP contribution in [0.2, 0.25) is 0 Å². The molecule has 0 radical (unpaired) electrons. The molecule has 1 aromatic rings. The quantitative estimate of drug-likeness (QED) is 0.882. The largest absolute Gasteiger partial charge is 0.335 e. The standard InChI is InChI=1S/C17H27N3O3S/c1-4-15(5-2)18-17(21)19-10-12-20(13-11-19)24(22,23)16-8-6-14(3)7-9-16/h6-9,15H,4-5,10-13H2,1-3H3,(H,18,21). The fourth-order valence-corrected chi connectivity index (χ4v) is 4.17. The van der Waals surface area contributed by atoms with Gasteiger partial charge in [0, 0.05) is 32.2 Å². The van der Waals surface area contributed by atoms with Crippen LogP contribution in [-0.2, 0) is 10.0 Å². The maximum Gasteiger partial charge on any atom is 0.317 e. The van der Waals surface area contributed by atoms with Gasteiger partial charge in [0.25, 0.3) is 0 Å². The summed E-state index contributed by atoms with van der Waals surface area (Å²) in [6.45, 7) is 7.49. The van der Waals surface area contributed by atoms with Gasteiger partial charge in [0.2, 0.25) is 10.0 Å². The van der Waals surface area contributed by atoms with Crippen LogP contribution in [0.15, 0.2) is 29.2 Å². The Morgan fingerprint density at radius 1 is 1.08 bits per heavy atom. The first-order chi connectivity index (χ1) is 11.4. The van der Waals surface area contributed by atoms with E-state index in [2.05, 4.69) is 5.32 Å². The summed E-state index contributed by atoms with van der Waals surface area (Å²) in [5, 5.41) is 3.00. The second-order valence-electron chi connectivity index (χ2n) is 6.17. The van der Waals surface area contributed by atoms with Gasteiger partial charge in [-0.2, -0.15) is 4.31 Å². The first-order valence-corrected chi connectivity index (χ1v) is 9.94. The molecule has 6 nitrogen and oxygen atoms in total. The van der Waals surface area contributed by atoms with Crippen molar-refractivity contribution in [1.82, 2.24) is 14.5 Å². The van der Waals surface area contributed by atoms with Gasteiger partial charge in [0.05, 0.1) is 4.90 Å². The average Bonchev–Trinajstić information content (AvgIpc) is 2.60. The number of rotatable bonds is 5. The smallest absolute Gasteiger partial charge is 0.317 e. The maximum atomic E-state index is 12.7. The number of carbonyl (C=O) groups excluding carboxylic acids is 1. The highest BCUT2D eigenvalue weighted by atomic mass is 32.2. The number of sulfonamides is 1. The van der Waals surface area contributed by atoms with Crippen LogP contribution in [0.1, 0.15) is 32.3 Å². The molecular weight excluding hydrogens is 326 g/mol. The Kier molecular flexibility index (Phi) is 6.23. The number of nitrogens with zero attached hydrogens (tertiary/aromatic N) is 2. The van der Waals surface area contributed by atoms with Crippen LogP contribution in [0.3, 0.4) is 0 Å². The lowest BCUT2D eigenvalue weighted by Crippen LogP contribution is -2.54. The molecular formula is C17H27N3O3S. The number of aryl methyl sites for hydroxylation is 1. The van der Waals surface area contributed by atoms with E-state index in [1.54, 1.807) is 29.2 Å². The molecule has 1 heterocycles. The van der Waals surface area contributed by atoms with Crippen molar-refractivity contribution in [3.63, 3.8) is 0 Å². The predicted molar refractivity (Wildman–Crippen MR) is 94.4 cm³/mol. The van der Waals surface area contributed by atoms with E-state index in [9.17, 15) is 13.2 Å². The van der Waals surface area contributed by atoms with Crippen molar-refractivity contribution >= 4 is 16.1 Å². The van der Waals surface area contributed by atoms with Crippen LogP contribution < -0.4 is 5.32 Å². The highest BCUT2D eigenvalue weighted by Crippen LogP contribution is 2.18. The van der Waals surface area contributed by atoms with Gasteiger partial charge in [0.1, 0.15) is 0 Å². The molecule has 0 spiro atoms. The molecule has 1 aromatic carbocycles. The van der Waals surface area contributed by atoms with Gasteiger partial charge in [-0.05, 0) is 31.9 Å². The summed E-state index contributed by atoms with van der Waals surface area (Å²) in [6, 6.07) is 6.94. The van der Waals surface area contributed by atoms with Crippen molar-refractivity contribution in [1.29, 1.82) is 0 Å². The molecule has 134 valence electrons. The number of amides is 2. The van der Waals surface area contributed by atoms with E-state index in [1.807, 2.05) is 20.8 Å². The summed E-state index contributed by atoms with van der Waals surface area (Å²) in [5.41, 5.74) is 1.02. The van der Waals surface area contributed by atoms with Crippen molar-refractivity contribution in [2.24, 2.45) is 0 Å². The minimum absolute atomic E-state index is 0.101. The number of nitrogens with one attached hydrogen (secondary N) is 1. The lowest BCUT2D eigenvalue weighted by Gasteiger charge is -2.34. The first-order valence-electron chi connectivity index (χ1n) is 8.50. The number of benzene rings is 1. The Bertz CT molecular complexity index is 646. The van der Waals surface area contributed by atoms with Gasteiger partial charge >= 0.3 is 6.03 Å². The van der Waals surface area contributed by atoms with Gasteiger partial charge in [-0.25, -0.2) is 13.2 Å². The molecule has 1 aliphatic heterocycles. The number of hydrogen-bond donors (Lipinski definition) is 1. The van der Waals surface area contributed by atoms with Crippen molar-refractivity contribution in [2.45, 2.75) is 44.6 Å². The molecule has 0 atom stereocenters. The van der Waals surface area contributed by atoms with E-state index < -0.39 is 10.0 Å². The minimum atomic E-state index is -3.49. The summed E-state index contributed by atoms with van der Waals surface area (Å²) in [5.74, 6) is 0. The second-order valence-corrected chi connectivity index (χ2v) is 8.11. The highest BCUT2D eigenvalue weighted by molar-refractivity contribution is 7.89. The molecule has 24 heavy (non-hydrogen) atoms. The number of piperazine rings is 1. The Balaban J connectivity index is 1.97. The molecule has 0 unspecified atom stereocenters. The molecule has 1 fully saturated rings. The van der Waals surface area contributed by atoms with Gasteiger partial charge in [-0.3, -0.25) is 0 Å². The third-order valence-corrected chi connectivity index (χ3v) is 6.41. The lowest BCUT2D eigenvalue weighted by atomic mass is 10.2. The van der Waals surface area contributed by atoms with Crippen molar-refractivity contribution in [2.75, 3.05) is 26.2 Å². The molecule has 0 aromatic heterocycles. The fraction of sp³-hybridized carbons (Fsp3) is 0.588. The third kappa shape index (κ3) is 4.27. The van der Waals surface area contributed by atoms with E-state index >= 15 is 0 Å². The lowest BCUT2D eigenvalue weighted by molar-refractivity contribution is 0.168.